The molecule has 1 aliphatic carbocycles. The van der Waals surface area contributed by atoms with Gasteiger partial charge in [0, 0.05) is 23.8 Å². The highest BCUT2D eigenvalue weighted by Crippen LogP contribution is 2.73. The van der Waals surface area contributed by atoms with E-state index >= 15 is 0 Å². The van der Waals surface area contributed by atoms with Crippen LogP contribution < -0.4 is 10.6 Å². The summed E-state index contributed by atoms with van der Waals surface area (Å²) in [5, 5.41) is 6.04. The predicted molar refractivity (Wildman–Crippen MR) is 136 cm³/mol. The largest absolute Gasteiger partial charge is 0.384 e. The van der Waals surface area contributed by atoms with Gasteiger partial charge in [-0.2, -0.15) is 0 Å². The van der Waals surface area contributed by atoms with Crippen molar-refractivity contribution in [3.8, 4) is 0 Å². The summed E-state index contributed by atoms with van der Waals surface area (Å²) >= 11 is 31.3. The Morgan fingerprint density at radius 2 is 1.54 bits per heavy atom. The van der Waals surface area contributed by atoms with Crippen LogP contribution in [0, 0.1) is 17.0 Å². The minimum Gasteiger partial charge on any atom is -0.384 e. The van der Waals surface area contributed by atoms with Gasteiger partial charge in [0.1, 0.15) is 22.3 Å². The smallest absolute Gasteiger partial charge is 0.258 e. The molecule has 4 rings (SSSR count). The van der Waals surface area contributed by atoms with Gasteiger partial charge in [0.2, 0.25) is 0 Å². The van der Waals surface area contributed by atoms with E-state index in [1.807, 2.05) is 0 Å². The third kappa shape index (κ3) is 4.83. The Kier molecular flexibility index (Phi) is 7.24. The molecule has 2 N–H and O–H groups in total. The standard InChI is InChI=1S/C24H15Cl5F2N2O2/c25-17-7-12(8-18(26)20(17)27)21-23(11-34,24(21,28)29)10-32-15-5-6-19(31)16(9-15)22(35)33-14-3-1-13(30)2-4-14/h1-9,11,21,32H,10H2,(H,33,35). The Morgan fingerprint density at radius 3 is 2.14 bits per heavy atom. The third-order valence-corrected chi connectivity index (χ3v) is 8.20. The van der Waals surface area contributed by atoms with E-state index in [0.717, 1.165) is 6.07 Å². The Morgan fingerprint density at radius 1 is 0.943 bits per heavy atom. The lowest BCUT2D eigenvalue weighted by atomic mass is 10.00. The highest BCUT2D eigenvalue weighted by Gasteiger charge is 2.76. The Bertz CT molecular complexity index is 1300. The molecule has 2 unspecified atom stereocenters. The number of hydrogen-bond donors (Lipinski definition) is 2. The highest BCUT2D eigenvalue weighted by atomic mass is 35.5. The van der Waals surface area contributed by atoms with Crippen molar-refractivity contribution in [3.05, 3.63) is 92.4 Å². The molecule has 0 bridgehead atoms. The monoisotopic (exact) mass is 576 g/mol. The normalized spacial score (nSPS) is 20.3. The molecule has 0 saturated heterocycles. The van der Waals surface area contributed by atoms with Crippen LogP contribution in [0.15, 0.2) is 54.6 Å². The van der Waals surface area contributed by atoms with Gasteiger partial charge in [-0.05, 0) is 60.2 Å². The van der Waals surface area contributed by atoms with Crippen LogP contribution in [-0.4, -0.2) is 23.1 Å². The van der Waals surface area contributed by atoms with E-state index in [2.05, 4.69) is 10.6 Å². The van der Waals surface area contributed by atoms with Gasteiger partial charge in [-0.1, -0.05) is 58.0 Å². The maximum absolute atomic E-state index is 14.4. The molecule has 182 valence electrons. The Hall–Kier alpha value is -2.09. The summed E-state index contributed by atoms with van der Waals surface area (Å²) in [5.41, 5.74) is -0.349. The molecular weight excluding hydrogens is 564 g/mol. The number of carbonyl (C=O) groups is 2. The number of halogens is 7. The van der Waals surface area contributed by atoms with Crippen molar-refractivity contribution in [2.75, 3.05) is 17.2 Å². The topological polar surface area (TPSA) is 58.2 Å². The molecule has 0 radical (unpaired) electrons. The van der Waals surface area contributed by atoms with E-state index in [1.165, 1.54) is 36.4 Å². The molecule has 1 saturated carbocycles. The van der Waals surface area contributed by atoms with Crippen LogP contribution in [0.5, 0.6) is 0 Å². The van der Waals surface area contributed by atoms with Gasteiger partial charge in [-0.15, -0.1) is 0 Å². The molecule has 0 spiro atoms. The zero-order chi connectivity index (χ0) is 25.5. The zero-order valence-electron chi connectivity index (χ0n) is 17.5. The van der Waals surface area contributed by atoms with Gasteiger partial charge < -0.3 is 15.4 Å². The van der Waals surface area contributed by atoms with Gasteiger partial charge in [0.15, 0.2) is 0 Å². The van der Waals surface area contributed by atoms with Gasteiger partial charge in [-0.3, -0.25) is 4.79 Å². The number of nitrogens with one attached hydrogen (secondary N) is 2. The lowest BCUT2D eigenvalue weighted by molar-refractivity contribution is -0.112. The lowest BCUT2D eigenvalue weighted by Crippen LogP contribution is -2.23. The van der Waals surface area contributed by atoms with Crippen LogP contribution in [0.2, 0.25) is 15.1 Å². The van der Waals surface area contributed by atoms with Crippen LogP contribution in [0.1, 0.15) is 21.8 Å². The summed E-state index contributed by atoms with van der Waals surface area (Å²) in [5.74, 6) is -2.63. The molecule has 0 aromatic heterocycles. The number of carbonyl (C=O) groups excluding carboxylic acids is 2. The van der Waals surface area contributed by atoms with Gasteiger partial charge in [-0.25, -0.2) is 8.78 Å². The van der Waals surface area contributed by atoms with E-state index < -0.39 is 33.2 Å². The number of anilines is 2. The Balaban J connectivity index is 1.54. The molecule has 1 aliphatic rings. The number of aldehydes is 1. The van der Waals surface area contributed by atoms with Gasteiger partial charge >= 0.3 is 0 Å². The van der Waals surface area contributed by atoms with Crippen molar-refractivity contribution in [1.29, 1.82) is 0 Å². The maximum atomic E-state index is 14.4. The second-order valence-corrected chi connectivity index (χ2v) is 10.6. The summed E-state index contributed by atoms with van der Waals surface area (Å²) in [6.45, 7) is -0.0311. The predicted octanol–water partition coefficient (Wildman–Crippen LogP) is 7.75. The summed E-state index contributed by atoms with van der Waals surface area (Å²) in [7, 11) is 0. The second kappa shape index (κ2) is 9.75. The summed E-state index contributed by atoms with van der Waals surface area (Å²) in [4.78, 5) is 24.7. The quantitative estimate of drug-likeness (QED) is 0.171. The molecule has 0 aliphatic heterocycles. The van der Waals surface area contributed by atoms with Crippen molar-refractivity contribution < 1.29 is 18.4 Å². The molecule has 2 atom stereocenters. The first kappa shape index (κ1) is 26.0. The van der Waals surface area contributed by atoms with Crippen molar-refractivity contribution in [2.24, 2.45) is 5.41 Å². The van der Waals surface area contributed by atoms with Gasteiger partial charge in [0.25, 0.3) is 5.91 Å². The molecule has 3 aromatic rings. The first-order valence-corrected chi connectivity index (χ1v) is 12.0. The van der Waals surface area contributed by atoms with Crippen molar-refractivity contribution in [2.45, 2.75) is 10.3 Å². The average molecular weight is 579 g/mol. The molecule has 1 amide bonds. The SMILES string of the molecule is O=CC1(CNc2ccc(F)c(C(=O)Nc3ccc(F)cc3)c2)C(c2cc(Cl)c(Cl)c(Cl)c2)C1(Cl)Cl. The van der Waals surface area contributed by atoms with Crippen molar-refractivity contribution in [1.82, 2.24) is 0 Å². The molecule has 11 heteroatoms. The number of amides is 1. The van der Waals surface area contributed by atoms with Crippen molar-refractivity contribution >= 4 is 81.6 Å². The lowest BCUT2D eigenvalue weighted by Gasteiger charge is -2.15. The van der Waals surface area contributed by atoms with E-state index in [4.69, 9.17) is 58.0 Å². The van der Waals surface area contributed by atoms with Crippen LogP contribution in [0.4, 0.5) is 20.2 Å². The molecule has 4 nitrogen and oxygen atoms in total. The van der Waals surface area contributed by atoms with Crippen LogP contribution in [0.3, 0.4) is 0 Å². The average Bonchev–Trinajstić information content (AvgIpc) is 3.32. The van der Waals surface area contributed by atoms with E-state index in [1.54, 1.807) is 12.1 Å². The number of benzene rings is 3. The number of alkyl halides is 2. The maximum Gasteiger partial charge on any atom is 0.258 e. The molecule has 35 heavy (non-hydrogen) atoms. The Labute approximate surface area is 224 Å². The van der Waals surface area contributed by atoms with E-state index in [-0.39, 0.29) is 27.2 Å². The third-order valence-electron chi connectivity index (χ3n) is 5.86. The number of hydrogen-bond acceptors (Lipinski definition) is 3. The molecule has 1 fully saturated rings. The molecular formula is C24H15Cl5F2N2O2. The summed E-state index contributed by atoms with van der Waals surface area (Å²) < 4.78 is 26.0. The fourth-order valence-electron chi connectivity index (χ4n) is 3.92. The van der Waals surface area contributed by atoms with Crippen LogP contribution in [0.25, 0.3) is 0 Å². The first-order chi connectivity index (χ1) is 16.5. The van der Waals surface area contributed by atoms with Crippen molar-refractivity contribution in [3.63, 3.8) is 0 Å². The fourth-order valence-corrected chi connectivity index (χ4v) is 5.51. The minimum atomic E-state index is -1.48. The fraction of sp³-hybridized carbons (Fsp3) is 0.167. The van der Waals surface area contributed by atoms with E-state index in [9.17, 15) is 18.4 Å². The zero-order valence-corrected chi connectivity index (χ0v) is 21.3. The minimum absolute atomic E-state index is 0.0311. The van der Waals surface area contributed by atoms with E-state index in [0.29, 0.717) is 23.2 Å². The molecule has 0 heterocycles. The second-order valence-electron chi connectivity index (χ2n) is 8.02. The first-order valence-electron chi connectivity index (χ1n) is 10.1. The number of rotatable bonds is 7. The van der Waals surface area contributed by atoms with Gasteiger partial charge in [0.05, 0.1) is 26.0 Å². The molecule has 3 aromatic carbocycles. The van der Waals surface area contributed by atoms with Crippen LogP contribution in [-0.2, 0) is 4.79 Å². The highest BCUT2D eigenvalue weighted by molar-refractivity contribution is 6.54. The summed E-state index contributed by atoms with van der Waals surface area (Å²) in [6.07, 6.45) is 0.646. The van der Waals surface area contributed by atoms with Crippen LogP contribution >= 0.6 is 58.0 Å². The summed E-state index contributed by atoms with van der Waals surface area (Å²) in [6, 6.07) is 11.9.